The molecule has 1 amide bonds. The van der Waals surface area contributed by atoms with Crippen molar-refractivity contribution in [1.29, 1.82) is 0 Å². The van der Waals surface area contributed by atoms with Crippen LogP contribution >= 0.6 is 0 Å². The molecule has 1 aliphatic rings. The van der Waals surface area contributed by atoms with Crippen molar-refractivity contribution in [2.45, 2.75) is 19.1 Å². The Morgan fingerprint density at radius 1 is 1.20 bits per heavy atom. The number of amides is 1. The number of carbonyl (C=O) groups excluding carboxylic acids is 1. The summed E-state index contributed by atoms with van der Waals surface area (Å²) in [5.41, 5.74) is 2.08. The third kappa shape index (κ3) is 1.88. The monoisotopic (exact) mass is 280 g/mol. The number of nitrogens with one attached hydrogen (secondary N) is 2. The van der Waals surface area contributed by atoms with E-state index in [1.54, 1.807) is 19.1 Å². The van der Waals surface area contributed by atoms with Crippen LogP contribution in [0.25, 0.3) is 16.5 Å². The van der Waals surface area contributed by atoms with Gasteiger partial charge in [-0.2, -0.15) is 13.2 Å². The average Bonchev–Trinajstić information content (AvgIpc) is 2.88. The minimum atomic E-state index is -4.47. The van der Waals surface area contributed by atoms with Gasteiger partial charge in [-0.05, 0) is 19.1 Å². The number of aromatic amines is 1. The largest absolute Gasteiger partial charge is 0.412 e. The Morgan fingerprint density at radius 2 is 1.90 bits per heavy atom. The van der Waals surface area contributed by atoms with Crippen LogP contribution in [0.15, 0.2) is 30.3 Å². The molecule has 1 aromatic heterocycles. The number of para-hydroxylation sites is 1. The van der Waals surface area contributed by atoms with Gasteiger partial charge in [-0.1, -0.05) is 18.2 Å². The fourth-order valence-corrected chi connectivity index (χ4v) is 2.50. The van der Waals surface area contributed by atoms with Gasteiger partial charge < -0.3 is 10.3 Å². The normalized spacial score (nSPS) is 19.3. The first-order chi connectivity index (χ1) is 9.38. The molecule has 0 radical (unpaired) electrons. The first-order valence-corrected chi connectivity index (χ1v) is 6.05. The average molecular weight is 280 g/mol. The maximum atomic E-state index is 12.7. The van der Waals surface area contributed by atoms with E-state index in [0.29, 0.717) is 11.3 Å². The lowest BCUT2D eigenvalue weighted by Crippen LogP contribution is -2.39. The van der Waals surface area contributed by atoms with Crippen LogP contribution in [0.3, 0.4) is 0 Å². The number of halogens is 3. The molecule has 1 aliphatic heterocycles. The molecule has 0 saturated carbocycles. The first kappa shape index (κ1) is 12.8. The van der Waals surface area contributed by atoms with Crippen LogP contribution in [0.4, 0.5) is 13.2 Å². The molecule has 3 nitrogen and oxygen atoms in total. The number of carbonyl (C=O) groups is 1. The number of aromatic nitrogens is 1. The van der Waals surface area contributed by atoms with Crippen LogP contribution in [0.1, 0.15) is 11.3 Å². The Labute approximate surface area is 112 Å². The number of aryl methyl sites for hydroxylation is 1. The molecule has 20 heavy (non-hydrogen) atoms. The van der Waals surface area contributed by atoms with Crippen LogP contribution in [0.5, 0.6) is 0 Å². The first-order valence-electron chi connectivity index (χ1n) is 6.05. The Kier molecular flexibility index (Phi) is 2.64. The summed E-state index contributed by atoms with van der Waals surface area (Å²) in [4.78, 5) is 14.9. The molecule has 2 heterocycles. The molecule has 6 heteroatoms. The SMILES string of the molecule is Cc1[nH]c2ccccc2c1C1=C[C@H](C(F)(F)F)NC1=O. The minimum absolute atomic E-state index is 0.0716. The van der Waals surface area contributed by atoms with Crippen molar-refractivity contribution in [3.63, 3.8) is 0 Å². The molecule has 1 atom stereocenters. The van der Waals surface area contributed by atoms with E-state index < -0.39 is 18.1 Å². The van der Waals surface area contributed by atoms with E-state index in [1.807, 2.05) is 17.4 Å². The van der Waals surface area contributed by atoms with Crippen LogP contribution in [0.2, 0.25) is 0 Å². The molecule has 0 fully saturated rings. The molecule has 3 rings (SSSR count). The molecule has 0 saturated heterocycles. The van der Waals surface area contributed by atoms with Gasteiger partial charge in [-0.3, -0.25) is 4.79 Å². The lowest BCUT2D eigenvalue weighted by molar-refractivity contribution is -0.148. The number of H-pyrrole nitrogens is 1. The van der Waals surface area contributed by atoms with Gasteiger partial charge in [0, 0.05) is 27.7 Å². The van der Waals surface area contributed by atoms with Gasteiger partial charge >= 0.3 is 6.18 Å². The predicted octanol–water partition coefficient (Wildman–Crippen LogP) is 2.92. The molecule has 0 bridgehead atoms. The summed E-state index contributed by atoms with van der Waals surface area (Å²) in [7, 11) is 0. The second-order valence-electron chi connectivity index (χ2n) is 4.74. The minimum Gasteiger partial charge on any atom is -0.358 e. The highest BCUT2D eigenvalue weighted by Crippen LogP contribution is 2.34. The van der Waals surface area contributed by atoms with Crippen molar-refractivity contribution in [3.8, 4) is 0 Å². The van der Waals surface area contributed by atoms with Crippen molar-refractivity contribution in [2.75, 3.05) is 0 Å². The van der Waals surface area contributed by atoms with Gasteiger partial charge in [0.15, 0.2) is 0 Å². The fraction of sp³-hybridized carbons (Fsp3) is 0.214. The van der Waals surface area contributed by atoms with E-state index in [1.165, 1.54) is 0 Å². The number of hydrogen-bond acceptors (Lipinski definition) is 1. The van der Waals surface area contributed by atoms with Crippen molar-refractivity contribution < 1.29 is 18.0 Å². The van der Waals surface area contributed by atoms with Crippen molar-refractivity contribution >= 4 is 22.4 Å². The highest BCUT2D eigenvalue weighted by atomic mass is 19.4. The number of benzene rings is 1. The van der Waals surface area contributed by atoms with E-state index in [-0.39, 0.29) is 5.57 Å². The summed E-state index contributed by atoms with van der Waals surface area (Å²) in [5.74, 6) is -0.694. The molecule has 2 aromatic rings. The van der Waals surface area contributed by atoms with Gasteiger partial charge in [-0.15, -0.1) is 0 Å². The fourth-order valence-electron chi connectivity index (χ4n) is 2.50. The van der Waals surface area contributed by atoms with Crippen LogP contribution < -0.4 is 5.32 Å². The number of fused-ring (bicyclic) bond motifs is 1. The highest BCUT2D eigenvalue weighted by molar-refractivity contribution is 6.25. The molecular weight excluding hydrogens is 269 g/mol. The molecular formula is C14H11F3N2O. The standard InChI is InChI=1S/C14H11F3N2O/c1-7-12(8-4-2-3-5-10(8)18-7)9-6-11(14(15,16)17)19-13(9)20/h2-6,11,18H,1H3,(H,19,20)/t11-/m1/s1. The summed E-state index contributed by atoms with van der Waals surface area (Å²) in [6.45, 7) is 1.74. The van der Waals surface area contributed by atoms with Crippen LogP contribution in [-0.4, -0.2) is 23.1 Å². The van der Waals surface area contributed by atoms with E-state index in [2.05, 4.69) is 4.98 Å². The molecule has 2 N–H and O–H groups in total. The zero-order valence-electron chi connectivity index (χ0n) is 10.5. The summed E-state index contributed by atoms with van der Waals surface area (Å²) >= 11 is 0. The molecule has 0 spiro atoms. The zero-order valence-corrected chi connectivity index (χ0v) is 10.5. The van der Waals surface area contributed by atoms with Crippen LogP contribution in [0, 0.1) is 6.92 Å². The van der Waals surface area contributed by atoms with E-state index in [0.717, 1.165) is 17.0 Å². The summed E-state index contributed by atoms with van der Waals surface area (Å²) in [6, 6.07) is 5.29. The lowest BCUT2D eigenvalue weighted by atomic mass is 10.0. The van der Waals surface area contributed by atoms with Gasteiger partial charge in [0.2, 0.25) is 0 Å². The number of hydrogen-bond donors (Lipinski definition) is 2. The summed E-state index contributed by atoms with van der Waals surface area (Å²) in [6.07, 6.45) is -3.53. The van der Waals surface area contributed by atoms with Gasteiger partial charge in [0.05, 0.1) is 0 Å². The van der Waals surface area contributed by atoms with Crippen molar-refractivity contribution in [1.82, 2.24) is 10.3 Å². The van der Waals surface area contributed by atoms with Crippen LogP contribution in [-0.2, 0) is 4.79 Å². The maximum Gasteiger partial charge on any atom is 0.412 e. The third-order valence-corrected chi connectivity index (χ3v) is 3.38. The summed E-state index contributed by atoms with van der Waals surface area (Å²) < 4.78 is 38.1. The third-order valence-electron chi connectivity index (χ3n) is 3.38. The quantitative estimate of drug-likeness (QED) is 0.829. The van der Waals surface area contributed by atoms with Gasteiger partial charge in [0.25, 0.3) is 5.91 Å². The molecule has 0 unspecified atom stereocenters. The Hall–Kier alpha value is -2.24. The Balaban J connectivity index is 2.16. The number of alkyl halides is 3. The molecule has 1 aromatic carbocycles. The van der Waals surface area contributed by atoms with Gasteiger partial charge in [-0.25, -0.2) is 0 Å². The summed E-state index contributed by atoms with van der Waals surface area (Å²) in [5, 5.41) is 2.70. The van der Waals surface area contributed by atoms with E-state index in [9.17, 15) is 18.0 Å². The van der Waals surface area contributed by atoms with Crippen molar-refractivity contribution in [2.24, 2.45) is 0 Å². The highest BCUT2D eigenvalue weighted by Gasteiger charge is 2.44. The predicted molar refractivity (Wildman–Crippen MR) is 69.0 cm³/mol. The zero-order chi connectivity index (χ0) is 14.5. The molecule has 0 aliphatic carbocycles. The maximum absolute atomic E-state index is 12.7. The van der Waals surface area contributed by atoms with E-state index in [4.69, 9.17) is 0 Å². The smallest absolute Gasteiger partial charge is 0.358 e. The molecule has 104 valence electrons. The Morgan fingerprint density at radius 3 is 2.55 bits per heavy atom. The van der Waals surface area contributed by atoms with Gasteiger partial charge in [0.1, 0.15) is 6.04 Å². The number of rotatable bonds is 1. The topological polar surface area (TPSA) is 44.9 Å². The Bertz CT molecular complexity index is 728. The van der Waals surface area contributed by atoms with Crippen molar-refractivity contribution in [3.05, 3.63) is 41.6 Å². The second kappa shape index (κ2) is 4.13. The van der Waals surface area contributed by atoms with E-state index >= 15 is 0 Å². The lowest BCUT2D eigenvalue weighted by Gasteiger charge is -2.12. The second-order valence-corrected chi connectivity index (χ2v) is 4.74.